The van der Waals surface area contributed by atoms with Gasteiger partial charge in [-0.25, -0.2) is 0 Å². The van der Waals surface area contributed by atoms with Gasteiger partial charge in [-0.15, -0.1) is 0 Å². The molecule has 2 rings (SSSR count). The highest BCUT2D eigenvalue weighted by Gasteiger charge is 2.32. The van der Waals surface area contributed by atoms with Gasteiger partial charge in [-0.2, -0.15) is 11.8 Å². The Kier molecular flexibility index (Phi) is 5.13. The fourth-order valence-corrected chi connectivity index (χ4v) is 3.92. The summed E-state index contributed by atoms with van der Waals surface area (Å²) in [6.45, 7) is 4.41. The highest BCUT2D eigenvalue weighted by atomic mass is 32.2. The standard InChI is InChI=1S/C16H25NS/c1-3-14-8-4-5-9-15(14)12-17-13-16(18-2)10-6-7-11-16/h4-5,8-9,17H,3,6-7,10-13H2,1-2H3. The van der Waals surface area contributed by atoms with Crippen molar-refractivity contribution < 1.29 is 0 Å². The average Bonchev–Trinajstić information content (AvgIpc) is 2.89. The van der Waals surface area contributed by atoms with Crippen LogP contribution in [0.5, 0.6) is 0 Å². The number of rotatable bonds is 6. The molecule has 100 valence electrons. The third-order valence-electron chi connectivity index (χ3n) is 4.21. The molecule has 0 aromatic heterocycles. The minimum absolute atomic E-state index is 0.515. The summed E-state index contributed by atoms with van der Waals surface area (Å²) in [5.41, 5.74) is 2.95. The second-order valence-electron chi connectivity index (χ2n) is 5.32. The Morgan fingerprint density at radius 3 is 2.44 bits per heavy atom. The third kappa shape index (κ3) is 3.30. The molecule has 1 aromatic rings. The topological polar surface area (TPSA) is 12.0 Å². The number of thioether (sulfide) groups is 1. The molecule has 0 bridgehead atoms. The van der Waals surface area contributed by atoms with Gasteiger partial charge in [-0.3, -0.25) is 0 Å². The van der Waals surface area contributed by atoms with Gasteiger partial charge in [0.15, 0.2) is 0 Å². The van der Waals surface area contributed by atoms with E-state index in [4.69, 9.17) is 0 Å². The summed E-state index contributed by atoms with van der Waals surface area (Å²) in [5.74, 6) is 0. The van der Waals surface area contributed by atoms with Crippen LogP contribution >= 0.6 is 11.8 Å². The first kappa shape index (κ1) is 14.0. The van der Waals surface area contributed by atoms with Crippen LogP contribution in [0.2, 0.25) is 0 Å². The fraction of sp³-hybridized carbons (Fsp3) is 0.625. The first-order chi connectivity index (χ1) is 8.79. The van der Waals surface area contributed by atoms with Crippen molar-refractivity contribution in [3.63, 3.8) is 0 Å². The van der Waals surface area contributed by atoms with Crippen LogP contribution in [0.3, 0.4) is 0 Å². The van der Waals surface area contributed by atoms with Crippen LogP contribution < -0.4 is 5.32 Å². The molecule has 1 saturated carbocycles. The van der Waals surface area contributed by atoms with Gasteiger partial charge in [-0.05, 0) is 36.6 Å². The normalized spacial score (nSPS) is 18.1. The molecule has 18 heavy (non-hydrogen) atoms. The highest BCUT2D eigenvalue weighted by molar-refractivity contribution is 8.00. The SMILES string of the molecule is CCc1ccccc1CNCC1(SC)CCCC1. The van der Waals surface area contributed by atoms with Crippen LogP contribution in [-0.2, 0) is 13.0 Å². The van der Waals surface area contributed by atoms with E-state index < -0.39 is 0 Å². The minimum Gasteiger partial charge on any atom is -0.311 e. The van der Waals surface area contributed by atoms with E-state index in [1.807, 2.05) is 0 Å². The molecular formula is C16H25NS. The monoisotopic (exact) mass is 263 g/mol. The highest BCUT2D eigenvalue weighted by Crippen LogP contribution is 2.39. The van der Waals surface area contributed by atoms with Crippen molar-refractivity contribution >= 4 is 11.8 Å². The Morgan fingerprint density at radius 2 is 1.83 bits per heavy atom. The predicted molar refractivity (Wildman–Crippen MR) is 82.2 cm³/mol. The summed E-state index contributed by atoms with van der Waals surface area (Å²) in [6, 6.07) is 8.79. The third-order valence-corrected chi connectivity index (χ3v) is 5.63. The van der Waals surface area contributed by atoms with Gasteiger partial charge in [0, 0.05) is 17.8 Å². The lowest BCUT2D eigenvalue weighted by Crippen LogP contribution is -2.34. The van der Waals surface area contributed by atoms with E-state index in [1.165, 1.54) is 36.8 Å². The molecule has 0 unspecified atom stereocenters. The molecule has 1 N–H and O–H groups in total. The van der Waals surface area contributed by atoms with E-state index in [2.05, 4.69) is 54.5 Å². The molecule has 0 radical (unpaired) electrons. The van der Waals surface area contributed by atoms with E-state index in [1.54, 1.807) is 0 Å². The van der Waals surface area contributed by atoms with Crippen LogP contribution in [0.4, 0.5) is 0 Å². The zero-order valence-electron chi connectivity index (χ0n) is 11.7. The van der Waals surface area contributed by atoms with Crippen LogP contribution in [0, 0.1) is 0 Å². The molecule has 1 nitrogen and oxygen atoms in total. The maximum Gasteiger partial charge on any atom is 0.0281 e. The van der Waals surface area contributed by atoms with Gasteiger partial charge in [0.1, 0.15) is 0 Å². The summed E-state index contributed by atoms with van der Waals surface area (Å²) >= 11 is 2.06. The van der Waals surface area contributed by atoms with Crippen LogP contribution in [0.1, 0.15) is 43.7 Å². The maximum atomic E-state index is 3.69. The first-order valence-electron chi connectivity index (χ1n) is 7.12. The Morgan fingerprint density at radius 1 is 1.17 bits per heavy atom. The lowest BCUT2D eigenvalue weighted by Gasteiger charge is -2.27. The van der Waals surface area contributed by atoms with Gasteiger partial charge < -0.3 is 5.32 Å². The number of aryl methyl sites for hydroxylation is 1. The maximum absolute atomic E-state index is 3.69. The Balaban J connectivity index is 1.88. The number of hydrogen-bond acceptors (Lipinski definition) is 2. The van der Waals surface area contributed by atoms with Crippen molar-refractivity contribution in [2.45, 2.75) is 50.3 Å². The van der Waals surface area contributed by atoms with Crippen LogP contribution in [0.25, 0.3) is 0 Å². The molecule has 1 aliphatic rings. The predicted octanol–water partition coefficient (Wildman–Crippen LogP) is 4.01. The lowest BCUT2D eigenvalue weighted by atomic mass is 10.0. The quantitative estimate of drug-likeness (QED) is 0.832. The fourth-order valence-electron chi connectivity index (χ4n) is 2.97. The van der Waals surface area contributed by atoms with Crippen molar-refractivity contribution in [2.24, 2.45) is 0 Å². The van der Waals surface area contributed by atoms with E-state index in [-0.39, 0.29) is 0 Å². The minimum atomic E-state index is 0.515. The summed E-state index contributed by atoms with van der Waals surface area (Å²) in [4.78, 5) is 0. The van der Waals surface area contributed by atoms with E-state index >= 15 is 0 Å². The van der Waals surface area contributed by atoms with Gasteiger partial charge in [0.2, 0.25) is 0 Å². The first-order valence-corrected chi connectivity index (χ1v) is 8.35. The molecule has 1 aromatic carbocycles. The zero-order chi connectivity index (χ0) is 12.8. The largest absolute Gasteiger partial charge is 0.311 e. The number of benzene rings is 1. The van der Waals surface area contributed by atoms with Crippen molar-refractivity contribution in [2.75, 3.05) is 12.8 Å². The van der Waals surface area contributed by atoms with Gasteiger partial charge in [0.25, 0.3) is 0 Å². The molecule has 0 heterocycles. The van der Waals surface area contributed by atoms with Crippen molar-refractivity contribution in [1.29, 1.82) is 0 Å². The molecule has 0 atom stereocenters. The van der Waals surface area contributed by atoms with Crippen molar-refractivity contribution in [3.8, 4) is 0 Å². The zero-order valence-corrected chi connectivity index (χ0v) is 12.5. The molecular weight excluding hydrogens is 238 g/mol. The summed E-state index contributed by atoms with van der Waals surface area (Å²) in [7, 11) is 0. The average molecular weight is 263 g/mol. The molecule has 0 amide bonds. The van der Waals surface area contributed by atoms with E-state index in [0.717, 1.165) is 19.5 Å². The second-order valence-corrected chi connectivity index (χ2v) is 6.59. The molecule has 0 saturated heterocycles. The summed E-state index contributed by atoms with van der Waals surface area (Å²) in [5, 5.41) is 3.69. The van der Waals surface area contributed by atoms with Gasteiger partial charge >= 0.3 is 0 Å². The van der Waals surface area contributed by atoms with Crippen molar-refractivity contribution in [1.82, 2.24) is 5.32 Å². The molecule has 1 fully saturated rings. The molecule has 1 aliphatic carbocycles. The lowest BCUT2D eigenvalue weighted by molar-refractivity contribution is 0.533. The molecule has 0 aliphatic heterocycles. The van der Waals surface area contributed by atoms with Crippen molar-refractivity contribution in [3.05, 3.63) is 35.4 Å². The van der Waals surface area contributed by atoms with E-state index in [0.29, 0.717) is 4.75 Å². The van der Waals surface area contributed by atoms with Crippen LogP contribution in [0.15, 0.2) is 24.3 Å². The summed E-state index contributed by atoms with van der Waals surface area (Å²) in [6.07, 6.45) is 8.99. The molecule has 2 heteroatoms. The smallest absolute Gasteiger partial charge is 0.0281 e. The van der Waals surface area contributed by atoms with Crippen LogP contribution in [-0.4, -0.2) is 17.5 Å². The Bertz CT molecular complexity index is 369. The van der Waals surface area contributed by atoms with E-state index in [9.17, 15) is 0 Å². The number of hydrogen-bond donors (Lipinski definition) is 1. The Labute approximate surface area is 116 Å². The van der Waals surface area contributed by atoms with Gasteiger partial charge in [0.05, 0.1) is 0 Å². The number of nitrogens with one attached hydrogen (secondary N) is 1. The molecule has 0 spiro atoms. The van der Waals surface area contributed by atoms with Gasteiger partial charge in [-0.1, -0.05) is 44.0 Å². The summed E-state index contributed by atoms with van der Waals surface area (Å²) < 4.78 is 0.515. The second kappa shape index (κ2) is 6.63. The Hall–Kier alpha value is -0.470.